The molecule has 2 heterocycles. The minimum Gasteiger partial charge on any atom is -0.494 e. The van der Waals surface area contributed by atoms with Crippen LogP contribution in [0, 0.1) is 0 Å². The van der Waals surface area contributed by atoms with Gasteiger partial charge in [0.25, 0.3) is 5.56 Å². The van der Waals surface area contributed by atoms with Crippen LogP contribution in [0.2, 0.25) is 0 Å². The van der Waals surface area contributed by atoms with Crippen LogP contribution in [0.3, 0.4) is 0 Å². The summed E-state index contributed by atoms with van der Waals surface area (Å²) in [7, 11) is 2.17. The zero-order valence-corrected chi connectivity index (χ0v) is 16.2. The van der Waals surface area contributed by atoms with Crippen LogP contribution in [0.15, 0.2) is 53.3 Å². The fourth-order valence-electron chi connectivity index (χ4n) is 3.51. The third-order valence-electron chi connectivity index (χ3n) is 5.20. The van der Waals surface area contributed by atoms with Gasteiger partial charge >= 0.3 is 0 Å². The quantitative estimate of drug-likeness (QED) is 0.668. The van der Waals surface area contributed by atoms with Crippen molar-refractivity contribution in [2.24, 2.45) is 0 Å². The maximum atomic E-state index is 12.3. The molecule has 28 heavy (non-hydrogen) atoms. The van der Waals surface area contributed by atoms with E-state index in [4.69, 9.17) is 4.74 Å². The van der Waals surface area contributed by atoms with E-state index in [2.05, 4.69) is 26.8 Å². The van der Waals surface area contributed by atoms with E-state index in [0.29, 0.717) is 23.3 Å². The van der Waals surface area contributed by atoms with Crippen molar-refractivity contribution < 1.29 is 4.74 Å². The van der Waals surface area contributed by atoms with Gasteiger partial charge < -0.3 is 19.5 Å². The highest BCUT2D eigenvalue weighted by molar-refractivity contribution is 5.79. The number of nitrogens with one attached hydrogen (secondary N) is 1. The lowest BCUT2D eigenvalue weighted by molar-refractivity contribution is 0.145. The summed E-state index contributed by atoms with van der Waals surface area (Å²) in [5.74, 6) is 1.36. The second-order valence-electron chi connectivity index (χ2n) is 7.31. The summed E-state index contributed by atoms with van der Waals surface area (Å²) in [5.41, 5.74) is 1.42. The van der Waals surface area contributed by atoms with Gasteiger partial charge in [-0.25, -0.2) is 4.98 Å². The van der Waals surface area contributed by atoms with Crippen LogP contribution < -0.4 is 10.3 Å². The predicted molar refractivity (Wildman–Crippen MR) is 112 cm³/mol. The maximum absolute atomic E-state index is 12.3. The molecular weight excluding hydrogens is 352 g/mol. The van der Waals surface area contributed by atoms with Crippen molar-refractivity contribution in [3.8, 4) is 17.1 Å². The third kappa shape index (κ3) is 4.40. The highest BCUT2D eigenvalue weighted by Crippen LogP contribution is 2.21. The van der Waals surface area contributed by atoms with Gasteiger partial charge in [0.2, 0.25) is 0 Å². The van der Waals surface area contributed by atoms with Crippen molar-refractivity contribution in [2.75, 3.05) is 46.4 Å². The van der Waals surface area contributed by atoms with E-state index >= 15 is 0 Å². The molecule has 3 aromatic rings. The molecule has 1 aromatic heterocycles. The number of hydrogen-bond acceptors (Lipinski definition) is 5. The van der Waals surface area contributed by atoms with Crippen molar-refractivity contribution in [1.29, 1.82) is 0 Å². The van der Waals surface area contributed by atoms with Crippen molar-refractivity contribution in [3.63, 3.8) is 0 Å². The number of ether oxygens (including phenoxy) is 1. The van der Waals surface area contributed by atoms with Crippen molar-refractivity contribution >= 4 is 10.9 Å². The number of para-hydroxylation sites is 1. The van der Waals surface area contributed by atoms with Gasteiger partial charge in [-0.05, 0) is 37.7 Å². The SMILES string of the molecule is CN1CCN(CCCOc2cccc(-c3nc4ccccc4c(=O)[nH]3)c2)CC1. The molecule has 0 unspecified atom stereocenters. The summed E-state index contributed by atoms with van der Waals surface area (Å²) < 4.78 is 5.94. The van der Waals surface area contributed by atoms with Crippen molar-refractivity contribution in [3.05, 3.63) is 58.9 Å². The number of H-pyrrole nitrogens is 1. The Hall–Kier alpha value is -2.70. The Kier molecular flexibility index (Phi) is 5.69. The van der Waals surface area contributed by atoms with Crippen LogP contribution >= 0.6 is 0 Å². The van der Waals surface area contributed by atoms with E-state index in [-0.39, 0.29) is 5.56 Å². The van der Waals surface area contributed by atoms with Crippen LogP contribution in [0.5, 0.6) is 5.75 Å². The Morgan fingerprint density at radius 2 is 1.89 bits per heavy atom. The topological polar surface area (TPSA) is 61.5 Å². The standard InChI is InChI=1S/C22H26N4O2/c1-25-11-13-26(14-12-25)10-5-15-28-18-7-4-6-17(16-18)21-23-20-9-3-2-8-19(20)22(27)24-21/h2-4,6-9,16H,5,10-15H2,1H3,(H,23,24,27). The number of aromatic nitrogens is 2. The highest BCUT2D eigenvalue weighted by Gasteiger charge is 2.13. The van der Waals surface area contributed by atoms with E-state index in [1.165, 1.54) is 0 Å². The molecule has 0 atom stereocenters. The summed E-state index contributed by atoms with van der Waals surface area (Å²) in [6.45, 7) is 6.28. The van der Waals surface area contributed by atoms with Gasteiger partial charge in [0.05, 0.1) is 17.5 Å². The normalized spacial score (nSPS) is 15.8. The van der Waals surface area contributed by atoms with Gasteiger partial charge in [-0.1, -0.05) is 24.3 Å². The number of likely N-dealkylation sites (N-methyl/N-ethyl adjacent to an activating group) is 1. The van der Waals surface area contributed by atoms with E-state index in [1.807, 2.05) is 42.5 Å². The molecule has 1 saturated heterocycles. The third-order valence-corrected chi connectivity index (χ3v) is 5.20. The first-order chi connectivity index (χ1) is 13.7. The van der Waals surface area contributed by atoms with Gasteiger partial charge in [0.15, 0.2) is 0 Å². The second kappa shape index (κ2) is 8.54. The molecule has 146 valence electrons. The Bertz CT molecular complexity index is 993. The number of hydrogen-bond donors (Lipinski definition) is 1. The zero-order valence-electron chi connectivity index (χ0n) is 16.2. The Morgan fingerprint density at radius 1 is 1.07 bits per heavy atom. The maximum Gasteiger partial charge on any atom is 0.259 e. The van der Waals surface area contributed by atoms with Gasteiger partial charge in [0.1, 0.15) is 11.6 Å². The summed E-state index contributed by atoms with van der Waals surface area (Å²) >= 11 is 0. The fourth-order valence-corrected chi connectivity index (χ4v) is 3.51. The minimum atomic E-state index is -0.126. The summed E-state index contributed by atoms with van der Waals surface area (Å²) in [6, 6.07) is 15.1. The van der Waals surface area contributed by atoms with Gasteiger partial charge in [0, 0.05) is 38.3 Å². The number of piperazine rings is 1. The van der Waals surface area contributed by atoms with Crippen molar-refractivity contribution in [1.82, 2.24) is 19.8 Å². The number of benzene rings is 2. The monoisotopic (exact) mass is 378 g/mol. The molecule has 1 aliphatic heterocycles. The first-order valence-electron chi connectivity index (χ1n) is 9.82. The zero-order chi connectivity index (χ0) is 19.3. The summed E-state index contributed by atoms with van der Waals surface area (Å²) in [4.78, 5) is 24.6. The number of aromatic amines is 1. The first-order valence-corrected chi connectivity index (χ1v) is 9.82. The van der Waals surface area contributed by atoms with Crippen LogP contribution in [0.4, 0.5) is 0 Å². The first kappa shape index (κ1) is 18.7. The Labute approximate surface area is 164 Å². The van der Waals surface area contributed by atoms with Crippen LogP contribution in [-0.2, 0) is 0 Å². The molecule has 6 heteroatoms. The molecule has 0 amide bonds. The molecule has 0 bridgehead atoms. The van der Waals surface area contributed by atoms with Crippen LogP contribution in [0.25, 0.3) is 22.3 Å². The fraction of sp³-hybridized carbons (Fsp3) is 0.364. The lowest BCUT2D eigenvalue weighted by atomic mass is 10.2. The van der Waals surface area contributed by atoms with E-state index in [1.54, 1.807) is 6.07 Å². The van der Waals surface area contributed by atoms with E-state index < -0.39 is 0 Å². The molecule has 4 rings (SSSR count). The molecule has 2 aromatic carbocycles. The molecule has 0 saturated carbocycles. The molecular formula is C22H26N4O2. The lowest BCUT2D eigenvalue weighted by Gasteiger charge is -2.32. The van der Waals surface area contributed by atoms with Gasteiger partial charge in [-0.3, -0.25) is 4.79 Å². The highest BCUT2D eigenvalue weighted by atomic mass is 16.5. The smallest absolute Gasteiger partial charge is 0.259 e. The van der Waals surface area contributed by atoms with E-state index in [0.717, 1.165) is 50.5 Å². The lowest BCUT2D eigenvalue weighted by Crippen LogP contribution is -2.44. The number of fused-ring (bicyclic) bond motifs is 1. The largest absolute Gasteiger partial charge is 0.494 e. The number of nitrogens with zero attached hydrogens (tertiary/aromatic N) is 3. The molecule has 0 spiro atoms. The van der Waals surface area contributed by atoms with Crippen molar-refractivity contribution in [2.45, 2.75) is 6.42 Å². The number of rotatable bonds is 6. The van der Waals surface area contributed by atoms with Crippen LogP contribution in [-0.4, -0.2) is 66.1 Å². The molecule has 0 aliphatic carbocycles. The average molecular weight is 378 g/mol. The summed E-state index contributed by atoms with van der Waals surface area (Å²) in [6.07, 6.45) is 0.999. The average Bonchev–Trinajstić information content (AvgIpc) is 2.73. The molecule has 1 N–H and O–H groups in total. The minimum absolute atomic E-state index is 0.126. The summed E-state index contributed by atoms with van der Waals surface area (Å²) in [5, 5.41) is 0.600. The molecule has 0 radical (unpaired) electrons. The van der Waals surface area contributed by atoms with Gasteiger partial charge in [-0.15, -0.1) is 0 Å². The second-order valence-corrected chi connectivity index (χ2v) is 7.31. The molecule has 1 aliphatic rings. The molecule has 6 nitrogen and oxygen atoms in total. The predicted octanol–water partition coefficient (Wildman–Crippen LogP) is 2.61. The Balaban J connectivity index is 1.39. The van der Waals surface area contributed by atoms with Crippen LogP contribution in [0.1, 0.15) is 6.42 Å². The molecule has 1 fully saturated rings. The van der Waals surface area contributed by atoms with Gasteiger partial charge in [-0.2, -0.15) is 0 Å². The Morgan fingerprint density at radius 3 is 2.75 bits per heavy atom. The van der Waals surface area contributed by atoms with E-state index in [9.17, 15) is 4.79 Å².